The minimum absolute atomic E-state index is 0.146. The number of nitrogens with one attached hydrogen (secondary N) is 2. The largest absolute Gasteiger partial charge is 0.495 e. The number of rotatable bonds is 4. The zero-order chi connectivity index (χ0) is 18.3. The van der Waals surface area contributed by atoms with Gasteiger partial charge in [0.15, 0.2) is 0 Å². The second kappa shape index (κ2) is 6.61. The van der Waals surface area contributed by atoms with Gasteiger partial charge in [0.25, 0.3) is 0 Å². The second-order valence-electron chi connectivity index (χ2n) is 6.49. The van der Waals surface area contributed by atoms with Crippen LogP contribution in [0.2, 0.25) is 5.02 Å². The Balaban J connectivity index is 1.58. The molecule has 7 heteroatoms. The van der Waals surface area contributed by atoms with Gasteiger partial charge in [-0.15, -0.1) is 0 Å². The number of para-hydroxylation sites is 1. The molecule has 0 bridgehead atoms. The van der Waals surface area contributed by atoms with E-state index in [1.807, 2.05) is 18.2 Å². The van der Waals surface area contributed by atoms with Crippen LogP contribution in [0.25, 0.3) is 10.9 Å². The summed E-state index contributed by atoms with van der Waals surface area (Å²) < 4.78 is 33.4. The molecule has 0 fully saturated rings. The number of hydrogen-bond acceptors (Lipinski definition) is 3. The fraction of sp³-hybridized carbons (Fsp3) is 0.263. The van der Waals surface area contributed by atoms with Crippen LogP contribution in [0.5, 0.6) is 5.75 Å². The number of aromatic nitrogens is 1. The van der Waals surface area contributed by atoms with Crippen LogP contribution in [0.15, 0.2) is 47.4 Å². The van der Waals surface area contributed by atoms with Crippen molar-refractivity contribution in [2.45, 2.75) is 30.2 Å². The lowest BCUT2D eigenvalue weighted by molar-refractivity contribution is 0.414. The first-order valence-electron chi connectivity index (χ1n) is 8.42. The number of ether oxygens (including phenoxy) is 1. The molecule has 136 valence electrons. The van der Waals surface area contributed by atoms with Gasteiger partial charge in [-0.05, 0) is 49.1 Å². The smallest absolute Gasteiger partial charge is 0.240 e. The number of halogens is 1. The van der Waals surface area contributed by atoms with E-state index < -0.39 is 10.0 Å². The van der Waals surface area contributed by atoms with Gasteiger partial charge in [0.2, 0.25) is 10.0 Å². The molecule has 0 amide bonds. The lowest BCUT2D eigenvalue weighted by atomic mass is 9.92. The molecule has 0 saturated carbocycles. The third kappa shape index (κ3) is 3.09. The Morgan fingerprint density at radius 1 is 1.23 bits per heavy atom. The Morgan fingerprint density at radius 3 is 2.81 bits per heavy atom. The summed E-state index contributed by atoms with van der Waals surface area (Å²) in [4.78, 5) is 3.59. The Morgan fingerprint density at radius 2 is 2.04 bits per heavy atom. The predicted octanol–water partition coefficient (Wildman–Crippen LogP) is 3.67. The molecule has 4 rings (SSSR count). The number of hydrogen-bond donors (Lipinski definition) is 2. The van der Waals surface area contributed by atoms with Crippen LogP contribution in [0.3, 0.4) is 0 Å². The molecule has 2 N–H and O–H groups in total. The van der Waals surface area contributed by atoms with E-state index in [1.165, 1.54) is 35.9 Å². The summed E-state index contributed by atoms with van der Waals surface area (Å²) in [6, 6.07) is 12.5. The number of aromatic amines is 1. The molecule has 1 unspecified atom stereocenters. The molecule has 0 radical (unpaired) electrons. The molecule has 1 atom stereocenters. The van der Waals surface area contributed by atoms with E-state index in [2.05, 4.69) is 15.8 Å². The Kier molecular flexibility index (Phi) is 4.42. The molecule has 2 aromatic carbocycles. The van der Waals surface area contributed by atoms with Crippen LogP contribution in [-0.4, -0.2) is 26.6 Å². The fourth-order valence-corrected chi connectivity index (χ4v) is 5.19. The van der Waals surface area contributed by atoms with Gasteiger partial charge >= 0.3 is 0 Å². The van der Waals surface area contributed by atoms with Crippen LogP contribution < -0.4 is 9.46 Å². The van der Waals surface area contributed by atoms with Crippen LogP contribution >= 0.6 is 11.6 Å². The van der Waals surface area contributed by atoms with E-state index in [0.29, 0.717) is 12.2 Å². The van der Waals surface area contributed by atoms with E-state index in [-0.39, 0.29) is 16.0 Å². The second-order valence-corrected chi connectivity index (χ2v) is 8.61. The first kappa shape index (κ1) is 17.4. The highest BCUT2D eigenvalue weighted by atomic mass is 35.5. The molecule has 1 aliphatic carbocycles. The summed E-state index contributed by atoms with van der Waals surface area (Å²) in [5, 5.41) is 1.44. The fourth-order valence-electron chi connectivity index (χ4n) is 3.57. The highest BCUT2D eigenvalue weighted by Gasteiger charge is 2.27. The Bertz CT molecular complexity index is 1080. The summed E-state index contributed by atoms with van der Waals surface area (Å²) in [6.07, 6.45) is 2.24. The molecule has 5 nitrogen and oxygen atoms in total. The summed E-state index contributed by atoms with van der Waals surface area (Å²) in [5.41, 5.74) is 3.50. The SMILES string of the molecule is COc1ccc(S(=O)(=O)NC2CCc3[nH]c4ccccc4c3C2)cc1Cl. The van der Waals surface area contributed by atoms with Gasteiger partial charge in [-0.1, -0.05) is 29.8 Å². The number of benzene rings is 2. The number of methoxy groups -OCH3 is 1. The molecule has 0 saturated heterocycles. The van der Waals surface area contributed by atoms with Crippen molar-refractivity contribution < 1.29 is 13.2 Å². The van der Waals surface area contributed by atoms with Gasteiger partial charge in [-0.25, -0.2) is 13.1 Å². The minimum atomic E-state index is -3.65. The highest BCUT2D eigenvalue weighted by Crippen LogP contribution is 2.30. The highest BCUT2D eigenvalue weighted by molar-refractivity contribution is 7.89. The van der Waals surface area contributed by atoms with Crippen molar-refractivity contribution in [2.24, 2.45) is 0 Å². The lowest BCUT2D eigenvalue weighted by Gasteiger charge is -2.23. The van der Waals surface area contributed by atoms with Crippen molar-refractivity contribution in [3.8, 4) is 5.75 Å². The van der Waals surface area contributed by atoms with E-state index in [0.717, 1.165) is 18.4 Å². The van der Waals surface area contributed by atoms with Crippen molar-refractivity contribution in [3.05, 3.63) is 58.7 Å². The molecular weight excluding hydrogens is 372 g/mol. The zero-order valence-corrected chi connectivity index (χ0v) is 15.8. The third-order valence-corrected chi connectivity index (χ3v) is 6.66. The molecule has 1 heterocycles. The van der Waals surface area contributed by atoms with Crippen LogP contribution in [0, 0.1) is 0 Å². The number of sulfonamides is 1. The number of fused-ring (bicyclic) bond motifs is 3. The molecule has 1 aromatic heterocycles. The molecular formula is C19H19ClN2O3S. The van der Waals surface area contributed by atoms with Crippen molar-refractivity contribution in [1.29, 1.82) is 0 Å². The average molecular weight is 391 g/mol. The average Bonchev–Trinajstić information content (AvgIpc) is 2.99. The third-order valence-electron chi connectivity index (χ3n) is 4.85. The monoisotopic (exact) mass is 390 g/mol. The van der Waals surface area contributed by atoms with E-state index in [9.17, 15) is 8.42 Å². The van der Waals surface area contributed by atoms with Crippen molar-refractivity contribution >= 4 is 32.5 Å². The number of aryl methyl sites for hydroxylation is 1. The summed E-state index contributed by atoms with van der Waals surface area (Å²) in [5.74, 6) is 0.451. The predicted molar refractivity (Wildman–Crippen MR) is 102 cm³/mol. The molecule has 1 aliphatic rings. The maximum Gasteiger partial charge on any atom is 0.240 e. The first-order chi connectivity index (χ1) is 12.5. The van der Waals surface area contributed by atoms with Gasteiger partial charge < -0.3 is 9.72 Å². The Hall–Kier alpha value is -2.02. The van der Waals surface area contributed by atoms with Crippen molar-refractivity contribution in [1.82, 2.24) is 9.71 Å². The maximum atomic E-state index is 12.7. The van der Waals surface area contributed by atoms with Gasteiger partial charge in [0.1, 0.15) is 5.75 Å². The van der Waals surface area contributed by atoms with Crippen molar-refractivity contribution in [2.75, 3.05) is 7.11 Å². The first-order valence-corrected chi connectivity index (χ1v) is 10.3. The van der Waals surface area contributed by atoms with E-state index in [1.54, 1.807) is 6.07 Å². The summed E-state index contributed by atoms with van der Waals surface area (Å²) in [6.45, 7) is 0. The van der Waals surface area contributed by atoms with E-state index in [4.69, 9.17) is 16.3 Å². The topological polar surface area (TPSA) is 71.2 Å². The molecule has 26 heavy (non-hydrogen) atoms. The van der Waals surface area contributed by atoms with Gasteiger partial charge in [-0.3, -0.25) is 0 Å². The van der Waals surface area contributed by atoms with Crippen LogP contribution in [0.4, 0.5) is 0 Å². The summed E-state index contributed by atoms with van der Waals surface area (Å²) >= 11 is 6.07. The van der Waals surface area contributed by atoms with Crippen LogP contribution in [0.1, 0.15) is 17.7 Å². The molecule has 0 aliphatic heterocycles. The standard InChI is InChI=1S/C19H19ClN2O3S/c1-25-19-9-7-13(11-16(19)20)26(23,24)22-12-6-8-18-15(10-12)14-4-2-3-5-17(14)21-18/h2-5,7,9,11-12,21-22H,6,8,10H2,1H3. The quantitative estimate of drug-likeness (QED) is 0.714. The van der Waals surface area contributed by atoms with Gasteiger partial charge in [-0.2, -0.15) is 0 Å². The zero-order valence-electron chi connectivity index (χ0n) is 14.3. The molecule has 3 aromatic rings. The van der Waals surface area contributed by atoms with E-state index >= 15 is 0 Å². The maximum absolute atomic E-state index is 12.7. The lowest BCUT2D eigenvalue weighted by Crippen LogP contribution is -2.38. The summed E-state index contributed by atoms with van der Waals surface area (Å²) in [7, 11) is -2.15. The minimum Gasteiger partial charge on any atom is -0.495 e. The molecule has 0 spiro atoms. The number of H-pyrrole nitrogens is 1. The van der Waals surface area contributed by atoms with Crippen molar-refractivity contribution in [3.63, 3.8) is 0 Å². The van der Waals surface area contributed by atoms with Crippen LogP contribution in [-0.2, 0) is 22.9 Å². The van der Waals surface area contributed by atoms with Gasteiger partial charge in [0.05, 0.1) is 17.0 Å². The normalized spacial score (nSPS) is 17.2. The Labute approximate surface area is 157 Å². The van der Waals surface area contributed by atoms with Gasteiger partial charge in [0, 0.05) is 22.6 Å².